The van der Waals surface area contributed by atoms with Crippen molar-refractivity contribution in [3.63, 3.8) is 0 Å². The van der Waals surface area contributed by atoms with E-state index in [2.05, 4.69) is 20.3 Å². The number of rotatable bonds is 7. The van der Waals surface area contributed by atoms with Crippen LogP contribution in [0.1, 0.15) is 11.4 Å². The lowest BCUT2D eigenvalue weighted by Crippen LogP contribution is -2.09. The van der Waals surface area contributed by atoms with E-state index in [1.165, 1.54) is 12.1 Å². The van der Waals surface area contributed by atoms with Crippen molar-refractivity contribution in [1.82, 2.24) is 15.0 Å². The van der Waals surface area contributed by atoms with Gasteiger partial charge in [-0.15, -0.1) is 0 Å². The number of nitrogens with one attached hydrogen (secondary N) is 1. The molecule has 0 radical (unpaired) electrons. The van der Waals surface area contributed by atoms with Gasteiger partial charge in [-0.1, -0.05) is 12.1 Å². The second-order valence-electron chi connectivity index (χ2n) is 5.75. The molecule has 10 nitrogen and oxygen atoms in total. The first-order valence-corrected chi connectivity index (χ1v) is 8.24. The maximum Gasteiger partial charge on any atom is 0.272 e. The lowest BCUT2D eigenvalue weighted by molar-refractivity contribution is -0.385. The maximum atomic E-state index is 10.9. The average Bonchev–Trinajstić information content (AvgIpc) is 2.66. The summed E-state index contributed by atoms with van der Waals surface area (Å²) < 4.78 is 10.9. The minimum absolute atomic E-state index is 0.0184. The molecule has 3 rings (SSSR count). The zero-order valence-electron chi connectivity index (χ0n) is 15.2. The molecule has 0 aliphatic carbocycles. The first-order chi connectivity index (χ1) is 13.5. The molecule has 0 saturated heterocycles. The third-order valence-electron chi connectivity index (χ3n) is 3.79. The fourth-order valence-electron chi connectivity index (χ4n) is 2.50. The number of nitrogens with zero attached hydrogens (tertiary/aromatic N) is 4. The standard InChI is InChI=1S/C18H18N6O4/c1-11-9-12(7-8-14(11)24(25)26)28-10-16-21-17(19)23-18(22-16)20-13-5-3-4-6-15(13)27-2/h3-9H,10H2,1-2H3,(H3,19,20,21,22,23). The lowest BCUT2D eigenvalue weighted by atomic mass is 10.2. The molecule has 0 spiro atoms. The van der Waals surface area contributed by atoms with Crippen LogP contribution < -0.4 is 20.5 Å². The molecular weight excluding hydrogens is 364 g/mol. The van der Waals surface area contributed by atoms with Gasteiger partial charge in [-0.25, -0.2) is 0 Å². The van der Waals surface area contributed by atoms with Gasteiger partial charge >= 0.3 is 0 Å². The predicted octanol–water partition coefficient (Wildman–Crippen LogP) is 3.00. The van der Waals surface area contributed by atoms with E-state index in [-0.39, 0.29) is 24.2 Å². The van der Waals surface area contributed by atoms with E-state index >= 15 is 0 Å². The molecular formula is C18H18N6O4. The molecule has 0 aliphatic heterocycles. The Bertz CT molecular complexity index is 1010. The number of nitro benzene ring substituents is 1. The van der Waals surface area contributed by atoms with Gasteiger partial charge in [0, 0.05) is 11.6 Å². The monoisotopic (exact) mass is 382 g/mol. The van der Waals surface area contributed by atoms with Gasteiger partial charge in [0.2, 0.25) is 11.9 Å². The second-order valence-corrected chi connectivity index (χ2v) is 5.75. The van der Waals surface area contributed by atoms with E-state index in [0.29, 0.717) is 28.6 Å². The Morgan fingerprint density at radius 3 is 2.68 bits per heavy atom. The SMILES string of the molecule is COc1ccccc1Nc1nc(N)nc(COc2ccc([N+](=O)[O-])c(C)c2)n1. The molecule has 144 valence electrons. The van der Waals surface area contributed by atoms with E-state index in [4.69, 9.17) is 15.2 Å². The van der Waals surface area contributed by atoms with Crippen molar-refractivity contribution in [3.05, 3.63) is 64.0 Å². The summed E-state index contributed by atoms with van der Waals surface area (Å²) in [5, 5.41) is 13.9. The maximum absolute atomic E-state index is 10.9. The molecule has 1 aromatic heterocycles. The quantitative estimate of drug-likeness (QED) is 0.466. The number of hydrogen-bond donors (Lipinski definition) is 2. The van der Waals surface area contributed by atoms with Crippen molar-refractivity contribution in [1.29, 1.82) is 0 Å². The summed E-state index contributed by atoms with van der Waals surface area (Å²) in [6.07, 6.45) is 0. The van der Waals surface area contributed by atoms with Gasteiger partial charge in [-0.3, -0.25) is 10.1 Å². The van der Waals surface area contributed by atoms with E-state index in [1.54, 1.807) is 26.2 Å². The third-order valence-corrected chi connectivity index (χ3v) is 3.79. The van der Waals surface area contributed by atoms with Crippen LogP contribution in [0.5, 0.6) is 11.5 Å². The number of aromatic nitrogens is 3. The molecule has 3 N–H and O–H groups in total. The Balaban J connectivity index is 1.75. The first kappa shape index (κ1) is 18.8. The Hall–Kier alpha value is -3.95. The van der Waals surface area contributed by atoms with Gasteiger partial charge in [-0.2, -0.15) is 15.0 Å². The van der Waals surface area contributed by atoms with Crippen LogP contribution in [0.25, 0.3) is 0 Å². The summed E-state index contributed by atoms with van der Waals surface area (Å²) in [5.41, 5.74) is 6.96. The third kappa shape index (κ3) is 4.41. The molecule has 0 fully saturated rings. The summed E-state index contributed by atoms with van der Waals surface area (Å²) in [4.78, 5) is 22.8. The molecule has 0 unspecified atom stereocenters. The number of aryl methyl sites for hydroxylation is 1. The van der Waals surface area contributed by atoms with Crippen LogP contribution in [-0.4, -0.2) is 27.0 Å². The summed E-state index contributed by atoms with van der Waals surface area (Å²) in [6.45, 7) is 1.66. The summed E-state index contributed by atoms with van der Waals surface area (Å²) >= 11 is 0. The average molecular weight is 382 g/mol. The van der Waals surface area contributed by atoms with Crippen LogP contribution in [0, 0.1) is 17.0 Å². The molecule has 3 aromatic rings. The number of nitrogens with two attached hydrogens (primary N) is 1. The van der Waals surface area contributed by atoms with Crippen LogP contribution in [0.3, 0.4) is 0 Å². The highest BCUT2D eigenvalue weighted by Crippen LogP contribution is 2.26. The smallest absolute Gasteiger partial charge is 0.272 e. The largest absolute Gasteiger partial charge is 0.495 e. The van der Waals surface area contributed by atoms with Gasteiger partial charge in [-0.05, 0) is 31.2 Å². The number of anilines is 3. The molecule has 0 bridgehead atoms. The first-order valence-electron chi connectivity index (χ1n) is 8.24. The van der Waals surface area contributed by atoms with Crippen molar-refractivity contribution >= 4 is 23.3 Å². The number of nitrogen functional groups attached to an aromatic ring is 1. The number of nitro groups is 1. The fraction of sp³-hybridized carbons (Fsp3) is 0.167. The Morgan fingerprint density at radius 1 is 1.18 bits per heavy atom. The normalized spacial score (nSPS) is 10.4. The Kier molecular flexibility index (Phi) is 5.49. The lowest BCUT2D eigenvalue weighted by Gasteiger charge is -2.11. The topological polar surface area (TPSA) is 138 Å². The highest BCUT2D eigenvalue weighted by atomic mass is 16.6. The van der Waals surface area contributed by atoms with Crippen LogP contribution in [0.15, 0.2) is 42.5 Å². The van der Waals surface area contributed by atoms with Gasteiger partial charge in [0.25, 0.3) is 5.69 Å². The van der Waals surface area contributed by atoms with Crippen molar-refractivity contribution in [3.8, 4) is 11.5 Å². The van der Waals surface area contributed by atoms with E-state index in [9.17, 15) is 10.1 Å². The Morgan fingerprint density at radius 2 is 1.96 bits per heavy atom. The molecule has 0 saturated carbocycles. The van der Waals surface area contributed by atoms with Crippen LogP contribution in [-0.2, 0) is 6.61 Å². The highest BCUT2D eigenvalue weighted by Gasteiger charge is 2.12. The molecule has 0 amide bonds. The Labute approximate surface area is 160 Å². The molecule has 2 aromatic carbocycles. The predicted molar refractivity (Wildman–Crippen MR) is 103 cm³/mol. The highest BCUT2D eigenvalue weighted by molar-refractivity contribution is 5.62. The molecule has 0 atom stereocenters. The summed E-state index contributed by atoms with van der Waals surface area (Å²) in [6, 6.07) is 11.8. The van der Waals surface area contributed by atoms with Gasteiger partial charge in [0.1, 0.15) is 18.1 Å². The van der Waals surface area contributed by atoms with Crippen molar-refractivity contribution in [2.75, 3.05) is 18.2 Å². The number of benzene rings is 2. The number of para-hydroxylation sites is 2. The van der Waals surface area contributed by atoms with E-state index < -0.39 is 4.92 Å². The van der Waals surface area contributed by atoms with E-state index in [0.717, 1.165) is 0 Å². The van der Waals surface area contributed by atoms with Gasteiger partial charge in [0.05, 0.1) is 17.7 Å². The fourth-order valence-corrected chi connectivity index (χ4v) is 2.50. The van der Waals surface area contributed by atoms with Gasteiger partial charge in [0.15, 0.2) is 5.82 Å². The van der Waals surface area contributed by atoms with Crippen LogP contribution in [0.2, 0.25) is 0 Å². The van der Waals surface area contributed by atoms with Crippen LogP contribution in [0.4, 0.5) is 23.3 Å². The zero-order valence-corrected chi connectivity index (χ0v) is 15.2. The van der Waals surface area contributed by atoms with Crippen molar-refractivity contribution in [2.45, 2.75) is 13.5 Å². The minimum Gasteiger partial charge on any atom is -0.495 e. The summed E-state index contributed by atoms with van der Waals surface area (Å²) in [7, 11) is 1.56. The van der Waals surface area contributed by atoms with Gasteiger partial charge < -0.3 is 20.5 Å². The zero-order chi connectivity index (χ0) is 20.1. The molecule has 10 heteroatoms. The summed E-state index contributed by atoms with van der Waals surface area (Å²) in [5.74, 6) is 1.67. The molecule has 0 aliphatic rings. The number of ether oxygens (including phenoxy) is 2. The minimum atomic E-state index is -0.443. The molecule has 28 heavy (non-hydrogen) atoms. The van der Waals surface area contributed by atoms with E-state index in [1.807, 2.05) is 18.2 Å². The second kappa shape index (κ2) is 8.16. The molecule has 1 heterocycles. The van der Waals surface area contributed by atoms with Crippen LogP contribution >= 0.6 is 0 Å². The van der Waals surface area contributed by atoms with Crippen molar-refractivity contribution in [2.24, 2.45) is 0 Å². The number of hydrogen-bond acceptors (Lipinski definition) is 9. The number of methoxy groups -OCH3 is 1. The van der Waals surface area contributed by atoms with Crippen molar-refractivity contribution < 1.29 is 14.4 Å².